The number of carbonyl (C=O) groups is 1. The fourth-order valence-electron chi connectivity index (χ4n) is 4.49. The van der Waals surface area contributed by atoms with Crippen LogP contribution in [0.5, 0.6) is 0 Å². The smallest absolute Gasteiger partial charge is 0.264 e. The van der Waals surface area contributed by atoms with Gasteiger partial charge in [-0.15, -0.1) is 11.8 Å². The summed E-state index contributed by atoms with van der Waals surface area (Å²) in [5.74, 6) is -0.386. The summed E-state index contributed by atoms with van der Waals surface area (Å²) in [7, 11) is -7.33. The number of amides is 1. The maximum atomic E-state index is 13.2. The van der Waals surface area contributed by atoms with Crippen molar-refractivity contribution in [2.45, 2.75) is 47.3 Å². The van der Waals surface area contributed by atoms with Crippen molar-refractivity contribution >= 4 is 49.1 Å². The topological polar surface area (TPSA) is 104 Å². The Morgan fingerprint density at radius 1 is 0.821 bits per heavy atom. The summed E-state index contributed by atoms with van der Waals surface area (Å²) in [4.78, 5) is 14.2. The molecule has 0 spiro atoms. The van der Waals surface area contributed by atoms with Crippen LogP contribution in [-0.2, 0) is 20.0 Å². The minimum atomic E-state index is -3.77. The molecule has 39 heavy (non-hydrogen) atoms. The standard InChI is InChI=1S/C28H33N3O5S3/c1-3-31(39(35,36)27-18-14-25(37-2)15-19-27)24-12-8-22(9-13-24)28(32)29-23-10-16-26(17-11-23)38(33,34)30-20-6-4-5-7-21-30/h8-19H,3-7,20-21H2,1-2H3,(H,29,32). The van der Waals surface area contributed by atoms with Crippen molar-refractivity contribution in [1.82, 2.24) is 4.31 Å². The van der Waals surface area contributed by atoms with Gasteiger partial charge in [0.1, 0.15) is 0 Å². The Hall–Kier alpha value is -2.86. The zero-order valence-electron chi connectivity index (χ0n) is 22.0. The molecule has 1 N–H and O–H groups in total. The fraction of sp³-hybridized carbons (Fsp3) is 0.321. The van der Waals surface area contributed by atoms with Crippen LogP contribution in [0.4, 0.5) is 11.4 Å². The number of sulfonamides is 2. The lowest BCUT2D eigenvalue weighted by Gasteiger charge is -2.23. The summed E-state index contributed by atoms with van der Waals surface area (Å²) in [6.07, 6.45) is 5.72. The number of rotatable bonds is 9. The quantitative estimate of drug-likeness (QED) is 0.335. The lowest BCUT2D eigenvalue weighted by molar-refractivity contribution is 0.102. The van der Waals surface area contributed by atoms with Crippen LogP contribution in [0, 0.1) is 0 Å². The summed E-state index contributed by atoms with van der Waals surface area (Å²) in [5, 5.41) is 2.77. The van der Waals surface area contributed by atoms with Gasteiger partial charge in [0, 0.05) is 35.8 Å². The predicted octanol–water partition coefficient (Wildman–Crippen LogP) is 5.44. The first kappa shape index (κ1) is 29.1. The minimum Gasteiger partial charge on any atom is -0.322 e. The molecule has 8 nitrogen and oxygen atoms in total. The molecule has 0 unspecified atom stereocenters. The number of hydrogen-bond donors (Lipinski definition) is 1. The Morgan fingerprint density at radius 3 is 1.92 bits per heavy atom. The van der Waals surface area contributed by atoms with Gasteiger partial charge in [-0.3, -0.25) is 9.10 Å². The number of nitrogens with zero attached hydrogens (tertiary/aromatic N) is 2. The van der Waals surface area contributed by atoms with Crippen LogP contribution in [0.25, 0.3) is 0 Å². The van der Waals surface area contributed by atoms with Gasteiger partial charge in [-0.1, -0.05) is 12.8 Å². The van der Waals surface area contributed by atoms with E-state index >= 15 is 0 Å². The summed E-state index contributed by atoms with van der Waals surface area (Å²) < 4.78 is 55.3. The van der Waals surface area contributed by atoms with Crippen molar-refractivity contribution in [3.63, 3.8) is 0 Å². The van der Waals surface area contributed by atoms with E-state index in [4.69, 9.17) is 0 Å². The van der Waals surface area contributed by atoms with Gasteiger partial charge in [-0.25, -0.2) is 16.8 Å². The zero-order chi connectivity index (χ0) is 28.0. The third-order valence-corrected chi connectivity index (χ3v) is 11.2. The molecule has 11 heteroatoms. The van der Waals surface area contributed by atoms with E-state index in [9.17, 15) is 21.6 Å². The van der Waals surface area contributed by atoms with E-state index in [0.29, 0.717) is 30.0 Å². The molecular formula is C28H33N3O5S3. The predicted molar refractivity (Wildman–Crippen MR) is 156 cm³/mol. The molecule has 1 amide bonds. The normalized spacial score (nSPS) is 14.9. The molecule has 0 aromatic heterocycles. The van der Waals surface area contributed by atoms with Gasteiger partial charge in [-0.2, -0.15) is 4.31 Å². The molecule has 0 bridgehead atoms. The average Bonchev–Trinajstić information content (AvgIpc) is 3.24. The second-order valence-corrected chi connectivity index (χ2v) is 13.9. The molecule has 0 aliphatic carbocycles. The van der Waals surface area contributed by atoms with E-state index in [2.05, 4.69) is 5.32 Å². The molecule has 1 saturated heterocycles. The highest BCUT2D eigenvalue weighted by Crippen LogP contribution is 2.26. The van der Waals surface area contributed by atoms with E-state index in [-0.39, 0.29) is 22.2 Å². The SMILES string of the molecule is CCN(c1ccc(C(=O)Nc2ccc(S(=O)(=O)N3CCCCCC3)cc2)cc1)S(=O)(=O)c1ccc(SC)cc1. The number of thioether (sulfide) groups is 1. The van der Waals surface area contributed by atoms with Crippen molar-refractivity contribution in [1.29, 1.82) is 0 Å². The van der Waals surface area contributed by atoms with E-state index in [0.717, 1.165) is 30.6 Å². The summed E-state index contributed by atoms with van der Waals surface area (Å²) >= 11 is 1.54. The molecule has 4 rings (SSSR count). The Bertz CT molecular complexity index is 1480. The largest absolute Gasteiger partial charge is 0.322 e. The van der Waals surface area contributed by atoms with Crippen molar-refractivity contribution in [3.05, 3.63) is 78.4 Å². The van der Waals surface area contributed by atoms with Gasteiger partial charge < -0.3 is 5.32 Å². The first-order chi connectivity index (χ1) is 18.7. The summed E-state index contributed by atoms with van der Waals surface area (Å²) in [5.41, 5.74) is 1.26. The number of hydrogen-bond acceptors (Lipinski definition) is 6. The molecule has 208 valence electrons. The molecule has 1 heterocycles. The molecule has 1 aliphatic rings. The Labute approximate surface area is 235 Å². The highest BCUT2D eigenvalue weighted by Gasteiger charge is 2.26. The van der Waals surface area contributed by atoms with E-state index in [1.54, 1.807) is 67.6 Å². The lowest BCUT2D eigenvalue weighted by atomic mass is 10.2. The second-order valence-electron chi connectivity index (χ2n) is 9.19. The van der Waals surface area contributed by atoms with E-state index < -0.39 is 20.0 Å². The van der Waals surface area contributed by atoms with Gasteiger partial charge >= 0.3 is 0 Å². The van der Waals surface area contributed by atoms with Crippen LogP contribution in [0.2, 0.25) is 0 Å². The molecule has 3 aromatic carbocycles. The number of benzene rings is 3. The van der Waals surface area contributed by atoms with Crippen molar-refractivity contribution < 1.29 is 21.6 Å². The molecule has 3 aromatic rings. The second kappa shape index (κ2) is 12.5. The molecule has 1 aliphatic heterocycles. The molecule has 1 fully saturated rings. The average molecular weight is 588 g/mol. The maximum Gasteiger partial charge on any atom is 0.264 e. The minimum absolute atomic E-state index is 0.199. The molecule has 0 radical (unpaired) electrons. The summed E-state index contributed by atoms with van der Waals surface area (Å²) in [6, 6.07) is 19.2. The van der Waals surface area contributed by atoms with E-state index in [1.165, 1.54) is 32.5 Å². The number of carbonyl (C=O) groups excluding carboxylic acids is 1. The first-order valence-electron chi connectivity index (χ1n) is 12.9. The van der Waals surface area contributed by atoms with Gasteiger partial charge in [-0.05, 0) is 98.8 Å². The Balaban J connectivity index is 1.45. The van der Waals surface area contributed by atoms with Crippen molar-refractivity contribution in [2.24, 2.45) is 0 Å². The zero-order valence-corrected chi connectivity index (χ0v) is 24.5. The van der Waals surface area contributed by atoms with Crippen LogP contribution in [-0.4, -0.2) is 52.9 Å². The number of nitrogens with one attached hydrogen (secondary N) is 1. The third-order valence-electron chi connectivity index (χ3n) is 6.67. The first-order valence-corrected chi connectivity index (χ1v) is 17.0. The van der Waals surface area contributed by atoms with Crippen LogP contribution >= 0.6 is 11.8 Å². The van der Waals surface area contributed by atoms with Crippen LogP contribution in [0.1, 0.15) is 43.0 Å². The fourth-order valence-corrected chi connectivity index (χ4v) is 7.89. The molecule has 0 atom stereocenters. The Kier molecular flexibility index (Phi) is 9.37. The molecular weight excluding hydrogens is 555 g/mol. The van der Waals surface area contributed by atoms with E-state index in [1.807, 2.05) is 6.26 Å². The number of anilines is 2. The highest BCUT2D eigenvalue weighted by molar-refractivity contribution is 7.98. The van der Waals surface area contributed by atoms with Crippen LogP contribution < -0.4 is 9.62 Å². The monoisotopic (exact) mass is 587 g/mol. The lowest BCUT2D eigenvalue weighted by Crippen LogP contribution is -2.31. The van der Waals surface area contributed by atoms with Crippen molar-refractivity contribution in [2.75, 3.05) is 35.5 Å². The van der Waals surface area contributed by atoms with Gasteiger partial charge in [0.05, 0.1) is 15.5 Å². The third kappa shape index (κ3) is 6.66. The van der Waals surface area contributed by atoms with Crippen LogP contribution in [0.15, 0.2) is 87.5 Å². The Morgan fingerprint density at radius 2 is 1.38 bits per heavy atom. The van der Waals surface area contributed by atoms with Gasteiger partial charge in [0.15, 0.2) is 0 Å². The highest BCUT2D eigenvalue weighted by atomic mass is 32.2. The van der Waals surface area contributed by atoms with Crippen LogP contribution in [0.3, 0.4) is 0 Å². The summed E-state index contributed by atoms with van der Waals surface area (Å²) in [6.45, 7) is 3.03. The van der Waals surface area contributed by atoms with Crippen molar-refractivity contribution in [3.8, 4) is 0 Å². The maximum absolute atomic E-state index is 13.2. The van der Waals surface area contributed by atoms with Gasteiger partial charge in [0.2, 0.25) is 10.0 Å². The van der Waals surface area contributed by atoms with Gasteiger partial charge in [0.25, 0.3) is 15.9 Å². The molecule has 0 saturated carbocycles.